The Bertz CT molecular complexity index is 873. The van der Waals surface area contributed by atoms with Crippen LogP contribution in [0.2, 0.25) is 0 Å². The molecule has 20 heavy (non-hydrogen) atoms. The number of benzene rings is 1. The van der Waals surface area contributed by atoms with Crippen LogP contribution in [-0.2, 0) is 5.41 Å². The van der Waals surface area contributed by atoms with E-state index < -0.39 is 0 Å². The maximum atomic E-state index is 11.8. The van der Waals surface area contributed by atoms with E-state index in [1.807, 2.05) is 13.0 Å². The van der Waals surface area contributed by atoms with Crippen LogP contribution in [0.25, 0.3) is 21.9 Å². The average molecular weight is 270 g/mol. The maximum absolute atomic E-state index is 11.8. The van der Waals surface area contributed by atoms with E-state index in [9.17, 15) is 4.79 Å². The molecule has 0 unspecified atom stereocenters. The van der Waals surface area contributed by atoms with E-state index in [1.54, 1.807) is 13.2 Å². The summed E-state index contributed by atoms with van der Waals surface area (Å²) in [6, 6.07) is 3.88. The topological polar surface area (TPSA) is 43.4 Å². The van der Waals surface area contributed by atoms with Crippen LogP contribution in [0.5, 0.6) is 0 Å². The van der Waals surface area contributed by atoms with Gasteiger partial charge in [0.25, 0.3) is 0 Å². The predicted octanol–water partition coefficient (Wildman–Crippen LogP) is 4.45. The zero-order valence-corrected chi connectivity index (χ0v) is 12.5. The van der Waals surface area contributed by atoms with Gasteiger partial charge >= 0.3 is 5.63 Å². The summed E-state index contributed by atoms with van der Waals surface area (Å²) in [5, 5.41) is 2.06. The Hall–Kier alpha value is -2.03. The summed E-state index contributed by atoms with van der Waals surface area (Å²) in [5.74, 6) is 0. The second-order valence-corrected chi connectivity index (χ2v) is 6.38. The molecule has 0 atom stereocenters. The lowest BCUT2D eigenvalue weighted by Gasteiger charge is -2.16. The first-order chi connectivity index (χ1) is 9.29. The monoisotopic (exact) mass is 270 g/mol. The lowest BCUT2D eigenvalue weighted by atomic mass is 9.86. The Kier molecular flexibility index (Phi) is 2.58. The van der Waals surface area contributed by atoms with E-state index in [-0.39, 0.29) is 11.0 Å². The molecule has 0 radical (unpaired) electrons. The second-order valence-electron chi connectivity index (χ2n) is 6.38. The van der Waals surface area contributed by atoms with Crippen LogP contribution in [0, 0.1) is 13.8 Å². The molecule has 3 aromatic rings. The minimum Gasteiger partial charge on any atom is -0.464 e. The molecule has 3 nitrogen and oxygen atoms in total. The van der Waals surface area contributed by atoms with Crippen molar-refractivity contribution < 1.29 is 8.83 Å². The summed E-state index contributed by atoms with van der Waals surface area (Å²) in [4.78, 5) is 11.8. The number of furan rings is 1. The molecule has 2 aromatic heterocycles. The van der Waals surface area contributed by atoms with E-state index in [2.05, 4.69) is 26.8 Å². The first-order valence-corrected chi connectivity index (χ1v) is 6.75. The summed E-state index contributed by atoms with van der Waals surface area (Å²) in [6.45, 7) is 10.2. The maximum Gasteiger partial charge on any atom is 0.339 e. The molecule has 0 saturated carbocycles. The zero-order chi connectivity index (χ0) is 14.7. The third-order valence-electron chi connectivity index (χ3n) is 3.96. The third-order valence-corrected chi connectivity index (χ3v) is 3.96. The lowest BCUT2D eigenvalue weighted by molar-refractivity contribution is 0.549. The highest BCUT2D eigenvalue weighted by Crippen LogP contribution is 2.34. The smallest absolute Gasteiger partial charge is 0.339 e. The molecular formula is C17H18O3. The summed E-state index contributed by atoms with van der Waals surface area (Å²) >= 11 is 0. The number of aryl methyl sites for hydroxylation is 1. The van der Waals surface area contributed by atoms with Gasteiger partial charge in [0.1, 0.15) is 11.2 Å². The van der Waals surface area contributed by atoms with Crippen LogP contribution in [0.4, 0.5) is 0 Å². The van der Waals surface area contributed by atoms with Gasteiger partial charge < -0.3 is 8.83 Å². The van der Waals surface area contributed by atoms with Crippen LogP contribution in [-0.4, -0.2) is 0 Å². The summed E-state index contributed by atoms with van der Waals surface area (Å²) in [6.07, 6.45) is 1.80. The van der Waals surface area contributed by atoms with Gasteiger partial charge in [-0.25, -0.2) is 4.79 Å². The fourth-order valence-electron chi connectivity index (χ4n) is 2.54. The first-order valence-electron chi connectivity index (χ1n) is 6.75. The van der Waals surface area contributed by atoms with Crippen LogP contribution in [0.1, 0.15) is 37.5 Å². The van der Waals surface area contributed by atoms with Crippen molar-refractivity contribution in [3.05, 3.63) is 45.5 Å². The minimum absolute atomic E-state index is 0.0114. The van der Waals surface area contributed by atoms with E-state index in [4.69, 9.17) is 8.83 Å². The van der Waals surface area contributed by atoms with Crippen LogP contribution in [0.15, 0.2) is 32.0 Å². The Balaban J connectivity index is 2.47. The summed E-state index contributed by atoms with van der Waals surface area (Å²) in [5.41, 5.74) is 3.87. The van der Waals surface area contributed by atoms with Gasteiger partial charge in [-0.2, -0.15) is 0 Å². The Morgan fingerprint density at radius 3 is 2.30 bits per heavy atom. The molecule has 1 aromatic carbocycles. The number of rotatable bonds is 0. The highest BCUT2D eigenvalue weighted by Gasteiger charge is 2.21. The van der Waals surface area contributed by atoms with Crippen molar-refractivity contribution >= 4 is 21.9 Å². The van der Waals surface area contributed by atoms with Crippen molar-refractivity contribution in [3.63, 3.8) is 0 Å². The van der Waals surface area contributed by atoms with Crippen molar-refractivity contribution in [2.24, 2.45) is 0 Å². The van der Waals surface area contributed by atoms with Gasteiger partial charge in [-0.15, -0.1) is 0 Å². The molecule has 0 aliphatic carbocycles. The van der Waals surface area contributed by atoms with E-state index in [0.29, 0.717) is 11.1 Å². The average Bonchev–Trinajstić information content (AvgIpc) is 2.77. The Labute approximate surface area is 117 Å². The first kappa shape index (κ1) is 13.0. The molecule has 104 valence electrons. The predicted molar refractivity (Wildman–Crippen MR) is 80.4 cm³/mol. The highest BCUT2D eigenvalue weighted by atomic mass is 16.4. The zero-order valence-electron chi connectivity index (χ0n) is 12.5. The fraction of sp³-hybridized carbons (Fsp3) is 0.353. The standard InChI is InChI=1S/C17H18O3/c1-9-10(2)16(18)20-15-7-14-12(6-11(9)15)13(8-19-14)17(3,4)5/h6-8H,1-5H3. The van der Waals surface area contributed by atoms with Crippen molar-refractivity contribution in [2.45, 2.75) is 40.0 Å². The van der Waals surface area contributed by atoms with E-state index in [0.717, 1.165) is 27.5 Å². The SMILES string of the molecule is Cc1c(C)c2cc3c(C(C)(C)C)coc3cc2oc1=O. The fourth-order valence-corrected chi connectivity index (χ4v) is 2.54. The number of hydrogen-bond acceptors (Lipinski definition) is 3. The van der Waals surface area contributed by atoms with Gasteiger partial charge in [-0.1, -0.05) is 20.8 Å². The van der Waals surface area contributed by atoms with Crippen molar-refractivity contribution in [1.29, 1.82) is 0 Å². The molecule has 2 heterocycles. The molecular weight excluding hydrogens is 252 g/mol. The molecule has 3 rings (SSSR count). The van der Waals surface area contributed by atoms with E-state index in [1.165, 1.54) is 0 Å². The van der Waals surface area contributed by atoms with Crippen molar-refractivity contribution in [2.75, 3.05) is 0 Å². The molecule has 0 spiro atoms. The third kappa shape index (κ3) is 1.77. The second kappa shape index (κ2) is 3.98. The lowest BCUT2D eigenvalue weighted by Crippen LogP contribution is -2.10. The van der Waals surface area contributed by atoms with Crippen molar-refractivity contribution in [1.82, 2.24) is 0 Å². The van der Waals surface area contributed by atoms with Crippen molar-refractivity contribution in [3.8, 4) is 0 Å². The number of hydrogen-bond donors (Lipinski definition) is 0. The van der Waals surface area contributed by atoms with Gasteiger partial charge in [0.2, 0.25) is 0 Å². The summed E-state index contributed by atoms with van der Waals surface area (Å²) in [7, 11) is 0. The largest absolute Gasteiger partial charge is 0.464 e. The van der Waals surface area contributed by atoms with Crippen LogP contribution in [0.3, 0.4) is 0 Å². The van der Waals surface area contributed by atoms with Gasteiger partial charge in [0, 0.05) is 28.0 Å². The van der Waals surface area contributed by atoms with Crippen LogP contribution < -0.4 is 5.63 Å². The number of fused-ring (bicyclic) bond motifs is 2. The quantitative estimate of drug-likeness (QED) is 0.567. The molecule has 0 fully saturated rings. The summed E-state index contributed by atoms with van der Waals surface area (Å²) < 4.78 is 11.0. The van der Waals surface area contributed by atoms with Gasteiger partial charge in [-0.3, -0.25) is 0 Å². The molecule has 0 bridgehead atoms. The molecule has 0 aliphatic heterocycles. The molecule has 3 heteroatoms. The van der Waals surface area contributed by atoms with Gasteiger partial charge in [0.05, 0.1) is 6.26 Å². The molecule has 0 aliphatic rings. The molecule has 0 N–H and O–H groups in total. The van der Waals surface area contributed by atoms with Gasteiger partial charge in [0.15, 0.2) is 0 Å². The van der Waals surface area contributed by atoms with Gasteiger partial charge in [-0.05, 0) is 30.9 Å². The minimum atomic E-state index is -0.281. The normalized spacial score (nSPS) is 12.4. The molecule has 0 amide bonds. The highest BCUT2D eigenvalue weighted by molar-refractivity contribution is 5.96. The Morgan fingerprint density at radius 1 is 0.950 bits per heavy atom. The molecule has 0 saturated heterocycles. The van der Waals surface area contributed by atoms with E-state index >= 15 is 0 Å². The Morgan fingerprint density at radius 2 is 1.65 bits per heavy atom. The van der Waals surface area contributed by atoms with Crippen LogP contribution >= 0.6 is 0 Å².